The molecule has 0 spiro atoms. The highest BCUT2D eigenvalue weighted by atomic mass is 28.3. The SMILES string of the molecule is CC1(C)c2ccccc2-c2ccc(-c3ccc(N(c4cccc(C5(C)c6ccccc6-c6ccccc65)c4)c4cccc([Si]5(c6ccccc6)c6ccccc6-c6ccccc65)c4)cc3)cc21. The summed E-state index contributed by atoms with van der Waals surface area (Å²) < 4.78 is 0. The predicted molar refractivity (Wildman–Crippen MR) is 284 cm³/mol. The first kappa shape index (κ1) is 39.6. The molecule has 0 saturated heterocycles. The fourth-order valence-corrected chi connectivity index (χ4v) is 17.7. The Balaban J connectivity index is 0.994. The zero-order chi connectivity index (χ0) is 44.9. The van der Waals surface area contributed by atoms with Gasteiger partial charge in [-0.15, -0.1) is 0 Å². The maximum Gasteiger partial charge on any atom is 0.180 e. The number of hydrogen-bond acceptors (Lipinski definition) is 1. The molecule has 1 nitrogen and oxygen atoms in total. The van der Waals surface area contributed by atoms with Crippen molar-refractivity contribution in [2.75, 3.05) is 4.90 Å². The molecular weight excluding hydrogens is 823 g/mol. The van der Waals surface area contributed by atoms with Crippen molar-refractivity contribution in [1.82, 2.24) is 0 Å². The second kappa shape index (κ2) is 14.9. The third kappa shape index (κ3) is 5.66. The van der Waals surface area contributed by atoms with Gasteiger partial charge in [0.1, 0.15) is 0 Å². The fraction of sp³-hybridized carbons (Fsp3) is 0.0769. The average molecular weight is 872 g/mol. The zero-order valence-corrected chi connectivity index (χ0v) is 39.0. The first-order chi connectivity index (χ1) is 32.9. The van der Waals surface area contributed by atoms with Crippen molar-refractivity contribution < 1.29 is 0 Å². The molecule has 0 amide bonds. The molecule has 67 heavy (non-hydrogen) atoms. The molecule has 2 aliphatic carbocycles. The van der Waals surface area contributed by atoms with Crippen LogP contribution in [-0.4, -0.2) is 8.07 Å². The highest BCUT2D eigenvalue weighted by molar-refractivity contribution is 7.22. The highest BCUT2D eigenvalue weighted by Gasteiger charge is 2.49. The summed E-state index contributed by atoms with van der Waals surface area (Å²) in [5.41, 5.74) is 20.2. The highest BCUT2D eigenvalue weighted by Crippen LogP contribution is 2.53. The van der Waals surface area contributed by atoms with Gasteiger partial charge < -0.3 is 4.90 Å². The van der Waals surface area contributed by atoms with E-state index in [-0.39, 0.29) is 10.8 Å². The first-order valence-corrected chi connectivity index (χ1v) is 25.7. The molecule has 3 aliphatic rings. The van der Waals surface area contributed by atoms with Crippen molar-refractivity contribution in [2.45, 2.75) is 31.6 Å². The molecule has 0 fully saturated rings. The van der Waals surface area contributed by atoms with Gasteiger partial charge in [0.2, 0.25) is 0 Å². The van der Waals surface area contributed by atoms with Crippen LogP contribution in [0.25, 0.3) is 44.5 Å². The van der Waals surface area contributed by atoms with E-state index in [1.54, 1.807) is 0 Å². The summed E-state index contributed by atoms with van der Waals surface area (Å²) in [5, 5.41) is 5.67. The van der Waals surface area contributed by atoms with Crippen LogP contribution in [0.15, 0.2) is 243 Å². The van der Waals surface area contributed by atoms with E-state index in [9.17, 15) is 0 Å². The molecular formula is C65H49NSi. The Morgan fingerprint density at radius 3 is 1.43 bits per heavy atom. The summed E-state index contributed by atoms with van der Waals surface area (Å²) in [6.07, 6.45) is 0. The van der Waals surface area contributed by atoms with Crippen LogP contribution >= 0.6 is 0 Å². The van der Waals surface area contributed by atoms with Gasteiger partial charge in [-0.1, -0.05) is 214 Å². The molecule has 0 N–H and O–H groups in total. The number of fused-ring (bicyclic) bond motifs is 9. The van der Waals surface area contributed by atoms with Gasteiger partial charge >= 0.3 is 0 Å². The number of benzene rings is 10. The van der Waals surface area contributed by atoms with E-state index >= 15 is 0 Å². The lowest BCUT2D eigenvalue weighted by Crippen LogP contribution is -2.72. The normalized spacial score (nSPS) is 14.9. The van der Waals surface area contributed by atoms with Crippen molar-refractivity contribution in [3.05, 3.63) is 270 Å². The molecule has 1 aliphatic heterocycles. The van der Waals surface area contributed by atoms with Crippen LogP contribution in [0.1, 0.15) is 48.6 Å². The summed E-state index contributed by atoms with van der Waals surface area (Å²) in [7, 11) is -2.75. The van der Waals surface area contributed by atoms with E-state index in [1.165, 1.54) is 93.1 Å². The average Bonchev–Trinajstić information content (AvgIpc) is 3.93. The van der Waals surface area contributed by atoms with E-state index in [1.807, 2.05) is 0 Å². The molecule has 0 saturated carbocycles. The van der Waals surface area contributed by atoms with Gasteiger partial charge in [-0.2, -0.15) is 0 Å². The standard InChI is InChI=1S/C65H49NSi/c1-64(2)58-30-12-7-25-52(58)55-40-37-45(41-61(55)64)44-35-38-47(39-36-44)66(48-20-17-19-46(42-48)65(3)59-31-13-8-26-53(59)54-27-9-14-32-60(54)65)49-21-18-24-51(43-49)67(50-22-5-4-6-23-50)62-33-15-10-28-56(62)57-29-11-16-34-63(57)67/h4-43H,1-3H3. The summed E-state index contributed by atoms with van der Waals surface area (Å²) in [5.74, 6) is 0. The Hall–Kier alpha value is -7.78. The molecule has 0 radical (unpaired) electrons. The lowest BCUT2D eigenvalue weighted by atomic mass is 9.74. The van der Waals surface area contributed by atoms with Gasteiger partial charge in [-0.25, -0.2) is 0 Å². The summed E-state index contributed by atoms with van der Waals surface area (Å²) in [6.45, 7) is 7.14. The van der Waals surface area contributed by atoms with Crippen LogP contribution in [0.5, 0.6) is 0 Å². The lowest BCUT2D eigenvalue weighted by Gasteiger charge is -2.34. The maximum atomic E-state index is 2.51. The Morgan fingerprint density at radius 2 is 0.791 bits per heavy atom. The number of rotatable bonds is 7. The van der Waals surface area contributed by atoms with Crippen molar-refractivity contribution in [3.63, 3.8) is 0 Å². The van der Waals surface area contributed by atoms with Crippen LogP contribution < -0.4 is 25.6 Å². The van der Waals surface area contributed by atoms with Gasteiger partial charge in [0.25, 0.3) is 0 Å². The van der Waals surface area contributed by atoms with E-state index < -0.39 is 8.07 Å². The maximum absolute atomic E-state index is 2.75. The molecule has 1 heterocycles. The van der Waals surface area contributed by atoms with Gasteiger partial charge in [0.05, 0.1) is 0 Å². The van der Waals surface area contributed by atoms with Crippen molar-refractivity contribution in [3.8, 4) is 44.5 Å². The zero-order valence-electron chi connectivity index (χ0n) is 38.0. The van der Waals surface area contributed by atoms with E-state index in [4.69, 9.17) is 0 Å². The second-order valence-electron chi connectivity index (χ2n) is 19.3. The molecule has 318 valence electrons. The van der Waals surface area contributed by atoms with Gasteiger partial charge in [0, 0.05) is 27.9 Å². The topological polar surface area (TPSA) is 3.24 Å². The molecule has 13 rings (SSSR count). The molecule has 0 aromatic heterocycles. The molecule has 0 unspecified atom stereocenters. The van der Waals surface area contributed by atoms with Crippen molar-refractivity contribution in [1.29, 1.82) is 0 Å². The monoisotopic (exact) mass is 871 g/mol. The van der Waals surface area contributed by atoms with Crippen LogP contribution in [0, 0.1) is 0 Å². The van der Waals surface area contributed by atoms with Gasteiger partial charge in [-0.05, 0) is 142 Å². The Morgan fingerprint density at radius 1 is 0.313 bits per heavy atom. The summed E-state index contributed by atoms with van der Waals surface area (Å²) >= 11 is 0. The molecule has 0 atom stereocenters. The Kier molecular flexibility index (Phi) is 8.78. The molecule has 0 bridgehead atoms. The van der Waals surface area contributed by atoms with Crippen molar-refractivity contribution >= 4 is 45.9 Å². The Bertz CT molecular complexity index is 3490. The molecule has 10 aromatic rings. The van der Waals surface area contributed by atoms with Crippen molar-refractivity contribution in [2.24, 2.45) is 0 Å². The van der Waals surface area contributed by atoms with Gasteiger partial charge in [0.15, 0.2) is 8.07 Å². The van der Waals surface area contributed by atoms with Crippen LogP contribution in [-0.2, 0) is 10.8 Å². The lowest BCUT2D eigenvalue weighted by molar-refractivity contribution is 0.660. The smallest absolute Gasteiger partial charge is 0.180 e. The van der Waals surface area contributed by atoms with E-state index in [0.29, 0.717) is 0 Å². The largest absolute Gasteiger partial charge is 0.310 e. The minimum absolute atomic E-state index is 0.0630. The summed E-state index contributed by atoms with van der Waals surface area (Å²) in [4.78, 5) is 2.50. The Labute approximate surface area is 395 Å². The number of nitrogens with zero attached hydrogens (tertiary/aromatic N) is 1. The quantitative estimate of drug-likeness (QED) is 0.144. The number of hydrogen-bond donors (Lipinski definition) is 0. The van der Waals surface area contributed by atoms with E-state index in [2.05, 4.69) is 268 Å². The predicted octanol–water partition coefficient (Wildman–Crippen LogP) is 13.8. The minimum atomic E-state index is -2.75. The van der Waals surface area contributed by atoms with E-state index in [0.717, 1.165) is 17.1 Å². The third-order valence-electron chi connectivity index (χ3n) is 15.6. The molecule has 10 aromatic carbocycles. The van der Waals surface area contributed by atoms with Crippen LogP contribution in [0.4, 0.5) is 17.1 Å². The number of anilines is 3. The van der Waals surface area contributed by atoms with Crippen LogP contribution in [0.2, 0.25) is 0 Å². The first-order valence-electron chi connectivity index (χ1n) is 23.7. The molecule has 2 heteroatoms. The summed E-state index contributed by atoms with van der Waals surface area (Å²) in [6, 6.07) is 91.7. The fourth-order valence-electron chi connectivity index (χ4n) is 12.4. The second-order valence-corrected chi connectivity index (χ2v) is 23.1. The minimum Gasteiger partial charge on any atom is -0.310 e. The third-order valence-corrected chi connectivity index (χ3v) is 20.5. The van der Waals surface area contributed by atoms with Gasteiger partial charge in [-0.3, -0.25) is 0 Å². The van der Waals surface area contributed by atoms with Crippen LogP contribution in [0.3, 0.4) is 0 Å².